The quantitative estimate of drug-likeness (QED) is 0.758. The largest absolute Gasteiger partial charge is 0.395 e. The van der Waals surface area contributed by atoms with Crippen LogP contribution in [0, 0.1) is 5.82 Å². The van der Waals surface area contributed by atoms with Crippen molar-refractivity contribution in [2.45, 2.75) is 25.2 Å². The standard InChI is InChI=1S/C14H21FO4S/c1-2-8-20(18,19)9-7-14(10-16,11-17)12-3-5-13(15)6-4-12/h3-6,16-17H,2,7-11H2,1H3. The third-order valence-corrected chi connectivity index (χ3v) is 5.33. The van der Waals surface area contributed by atoms with Gasteiger partial charge in [-0.1, -0.05) is 19.1 Å². The van der Waals surface area contributed by atoms with Gasteiger partial charge in [-0.3, -0.25) is 0 Å². The Bertz CT molecular complexity index is 506. The number of aliphatic hydroxyl groups is 2. The Balaban J connectivity index is 2.95. The van der Waals surface area contributed by atoms with Crippen molar-refractivity contribution in [2.75, 3.05) is 24.7 Å². The zero-order chi connectivity index (χ0) is 15.2. The van der Waals surface area contributed by atoms with Crippen molar-refractivity contribution in [1.82, 2.24) is 0 Å². The summed E-state index contributed by atoms with van der Waals surface area (Å²) in [5.74, 6) is -0.444. The summed E-state index contributed by atoms with van der Waals surface area (Å²) in [5, 5.41) is 19.2. The number of hydrogen-bond donors (Lipinski definition) is 2. The molecule has 0 aliphatic carbocycles. The van der Waals surface area contributed by atoms with Gasteiger partial charge in [-0.2, -0.15) is 0 Å². The molecule has 0 bridgehead atoms. The van der Waals surface area contributed by atoms with Crippen molar-refractivity contribution in [1.29, 1.82) is 0 Å². The van der Waals surface area contributed by atoms with Crippen molar-refractivity contribution in [3.63, 3.8) is 0 Å². The molecule has 0 atom stereocenters. The Kier molecular flexibility index (Phi) is 6.10. The van der Waals surface area contributed by atoms with Crippen LogP contribution in [0.3, 0.4) is 0 Å². The molecule has 1 rings (SSSR count). The SMILES string of the molecule is CCCS(=O)(=O)CCC(CO)(CO)c1ccc(F)cc1. The van der Waals surface area contributed by atoms with Crippen LogP contribution in [0.5, 0.6) is 0 Å². The second-order valence-corrected chi connectivity index (χ2v) is 7.31. The predicted molar refractivity (Wildman–Crippen MR) is 75.8 cm³/mol. The van der Waals surface area contributed by atoms with Crippen molar-refractivity contribution in [2.24, 2.45) is 0 Å². The van der Waals surface area contributed by atoms with E-state index in [1.165, 1.54) is 24.3 Å². The van der Waals surface area contributed by atoms with Gasteiger partial charge in [0.1, 0.15) is 15.7 Å². The van der Waals surface area contributed by atoms with Crippen LogP contribution in [0.4, 0.5) is 4.39 Å². The lowest BCUT2D eigenvalue weighted by molar-refractivity contribution is 0.113. The maximum absolute atomic E-state index is 12.9. The molecule has 1 aromatic carbocycles. The molecule has 0 saturated carbocycles. The first kappa shape index (κ1) is 17.1. The minimum Gasteiger partial charge on any atom is -0.395 e. The van der Waals surface area contributed by atoms with Gasteiger partial charge in [-0.25, -0.2) is 12.8 Å². The molecule has 20 heavy (non-hydrogen) atoms. The summed E-state index contributed by atoms with van der Waals surface area (Å²) in [6.45, 7) is 0.996. The average molecular weight is 304 g/mol. The van der Waals surface area contributed by atoms with Crippen LogP contribution in [-0.4, -0.2) is 43.4 Å². The summed E-state index contributed by atoms with van der Waals surface area (Å²) < 4.78 is 36.5. The van der Waals surface area contributed by atoms with Crippen molar-refractivity contribution in [3.05, 3.63) is 35.6 Å². The van der Waals surface area contributed by atoms with Crippen molar-refractivity contribution < 1.29 is 23.0 Å². The van der Waals surface area contributed by atoms with Gasteiger partial charge >= 0.3 is 0 Å². The van der Waals surface area contributed by atoms with E-state index in [1.54, 1.807) is 6.92 Å². The van der Waals surface area contributed by atoms with Crippen LogP contribution in [-0.2, 0) is 15.3 Å². The van der Waals surface area contributed by atoms with Gasteiger partial charge in [-0.05, 0) is 30.5 Å². The Hall–Kier alpha value is -0.980. The molecule has 0 unspecified atom stereocenters. The molecule has 0 radical (unpaired) electrons. The molecule has 0 fully saturated rings. The molecule has 0 aliphatic rings. The number of halogens is 1. The van der Waals surface area contributed by atoms with Gasteiger partial charge in [0, 0.05) is 11.2 Å². The molecular weight excluding hydrogens is 283 g/mol. The fourth-order valence-corrected chi connectivity index (χ4v) is 3.63. The van der Waals surface area contributed by atoms with Gasteiger partial charge in [-0.15, -0.1) is 0 Å². The fraction of sp³-hybridized carbons (Fsp3) is 0.571. The van der Waals surface area contributed by atoms with E-state index in [1.807, 2.05) is 0 Å². The van der Waals surface area contributed by atoms with E-state index in [0.717, 1.165) is 0 Å². The highest BCUT2D eigenvalue weighted by atomic mass is 32.2. The van der Waals surface area contributed by atoms with Crippen molar-refractivity contribution in [3.8, 4) is 0 Å². The first-order valence-electron chi connectivity index (χ1n) is 6.57. The number of hydrogen-bond acceptors (Lipinski definition) is 4. The van der Waals surface area contributed by atoms with E-state index < -0.39 is 34.3 Å². The molecule has 1 aromatic rings. The first-order valence-corrected chi connectivity index (χ1v) is 8.39. The van der Waals surface area contributed by atoms with E-state index in [-0.39, 0.29) is 17.9 Å². The second kappa shape index (κ2) is 7.15. The number of sulfone groups is 1. The van der Waals surface area contributed by atoms with E-state index in [9.17, 15) is 23.0 Å². The smallest absolute Gasteiger partial charge is 0.150 e. The molecule has 114 valence electrons. The number of aliphatic hydroxyl groups excluding tert-OH is 2. The molecule has 4 nitrogen and oxygen atoms in total. The van der Waals surface area contributed by atoms with E-state index in [0.29, 0.717) is 12.0 Å². The first-order chi connectivity index (χ1) is 9.39. The van der Waals surface area contributed by atoms with E-state index in [2.05, 4.69) is 0 Å². The van der Waals surface area contributed by atoms with Crippen LogP contribution < -0.4 is 0 Å². The van der Waals surface area contributed by atoms with Gasteiger partial charge < -0.3 is 10.2 Å². The minimum atomic E-state index is -3.20. The molecule has 6 heteroatoms. The normalized spacial score (nSPS) is 12.6. The van der Waals surface area contributed by atoms with Gasteiger partial charge in [0.15, 0.2) is 0 Å². The zero-order valence-corrected chi connectivity index (χ0v) is 12.4. The highest BCUT2D eigenvalue weighted by Crippen LogP contribution is 2.28. The maximum Gasteiger partial charge on any atom is 0.150 e. The third kappa shape index (κ3) is 4.26. The topological polar surface area (TPSA) is 74.6 Å². The predicted octanol–water partition coefficient (Wildman–Crippen LogP) is 1.26. The van der Waals surface area contributed by atoms with Crippen LogP contribution >= 0.6 is 0 Å². The Morgan fingerprint density at radius 3 is 2.10 bits per heavy atom. The Morgan fingerprint density at radius 1 is 1.10 bits per heavy atom. The molecule has 0 heterocycles. The molecule has 0 aliphatic heterocycles. The number of benzene rings is 1. The van der Waals surface area contributed by atoms with Crippen LogP contribution in [0.15, 0.2) is 24.3 Å². The fourth-order valence-electron chi connectivity index (χ4n) is 2.10. The Labute approximate surface area is 119 Å². The van der Waals surface area contributed by atoms with E-state index in [4.69, 9.17) is 0 Å². The summed E-state index contributed by atoms with van der Waals surface area (Å²) in [6.07, 6.45) is 0.637. The Morgan fingerprint density at radius 2 is 1.65 bits per heavy atom. The molecule has 0 aromatic heterocycles. The van der Waals surface area contributed by atoms with Crippen LogP contribution in [0.2, 0.25) is 0 Å². The van der Waals surface area contributed by atoms with Crippen LogP contribution in [0.25, 0.3) is 0 Å². The number of rotatable bonds is 8. The van der Waals surface area contributed by atoms with Gasteiger partial charge in [0.2, 0.25) is 0 Å². The zero-order valence-electron chi connectivity index (χ0n) is 11.5. The summed E-state index contributed by atoms with van der Waals surface area (Å²) in [4.78, 5) is 0. The molecular formula is C14H21FO4S. The maximum atomic E-state index is 12.9. The van der Waals surface area contributed by atoms with Crippen LogP contribution in [0.1, 0.15) is 25.3 Å². The highest BCUT2D eigenvalue weighted by molar-refractivity contribution is 7.91. The average Bonchev–Trinajstić information content (AvgIpc) is 2.42. The van der Waals surface area contributed by atoms with Gasteiger partial charge in [0.05, 0.1) is 19.0 Å². The lowest BCUT2D eigenvalue weighted by Crippen LogP contribution is -2.37. The van der Waals surface area contributed by atoms with E-state index >= 15 is 0 Å². The molecule has 0 saturated heterocycles. The van der Waals surface area contributed by atoms with Gasteiger partial charge in [0.25, 0.3) is 0 Å². The molecule has 2 N–H and O–H groups in total. The summed E-state index contributed by atoms with van der Waals surface area (Å²) in [5.41, 5.74) is -0.523. The van der Waals surface area contributed by atoms with Crippen molar-refractivity contribution >= 4 is 9.84 Å². The minimum absolute atomic E-state index is 0.0867. The molecule has 0 spiro atoms. The highest BCUT2D eigenvalue weighted by Gasteiger charge is 2.32. The lowest BCUT2D eigenvalue weighted by Gasteiger charge is -2.30. The summed E-state index contributed by atoms with van der Waals surface area (Å²) >= 11 is 0. The monoisotopic (exact) mass is 304 g/mol. The lowest BCUT2D eigenvalue weighted by atomic mass is 9.79. The third-order valence-electron chi connectivity index (χ3n) is 3.47. The second-order valence-electron chi connectivity index (χ2n) is 5.01. The summed E-state index contributed by atoms with van der Waals surface area (Å²) in [6, 6.07) is 5.40. The summed E-state index contributed by atoms with van der Waals surface area (Å²) in [7, 11) is -3.20. The molecule has 0 amide bonds.